The van der Waals surface area contributed by atoms with Gasteiger partial charge in [-0.25, -0.2) is 53.0 Å². The summed E-state index contributed by atoms with van der Waals surface area (Å²) in [6, 6.07) is 2.39. The molecular weight excluding hydrogens is 979 g/mol. The van der Waals surface area contributed by atoms with E-state index in [9.17, 15) is 35.2 Å². The van der Waals surface area contributed by atoms with Crippen LogP contribution in [0.2, 0.25) is 0 Å². The first kappa shape index (κ1) is 54.5. The Morgan fingerprint density at radius 3 is 1.72 bits per heavy atom. The molecule has 0 amide bonds. The van der Waals surface area contributed by atoms with Crippen LogP contribution >= 0.6 is 0 Å². The number of carbonyl (C=O) groups is 2. The number of sulfonamides is 2. The monoisotopic (exact) mass is 1040 g/mol. The van der Waals surface area contributed by atoms with E-state index in [1.165, 1.54) is 22.8 Å². The Hall–Kier alpha value is -5.80. The van der Waals surface area contributed by atoms with Crippen LogP contribution in [-0.4, -0.2) is 140 Å². The summed E-state index contributed by atoms with van der Waals surface area (Å²) in [6.45, 7) is 4.74. The molecule has 0 aliphatic carbocycles. The number of hydrogen-bond acceptors (Lipinski definition) is 18. The molecular formula is C45H59F4N11O9S2. The zero-order chi connectivity index (χ0) is 51.6. The normalized spacial score (nSPS) is 15.9. The zero-order valence-corrected chi connectivity index (χ0v) is 41.4. The molecule has 2 aliphatic rings. The number of nitrogens with one attached hydrogen (secondary N) is 3. The second-order valence-electron chi connectivity index (χ2n) is 17.2. The van der Waals surface area contributed by atoms with E-state index in [2.05, 4.69) is 35.9 Å². The molecule has 71 heavy (non-hydrogen) atoms. The van der Waals surface area contributed by atoms with Crippen LogP contribution in [0.3, 0.4) is 0 Å². The smallest absolute Gasteiger partial charge is 0.224 e. The Morgan fingerprint density at radius 2 is 1.24 bits per heavy atom. The van der Waals surface area contributed by atoms with Crippen LogP contribution in [-0.2, 0) is 31.4 Å². The summed E-state index contributed by atoms with van der Waals surface area (Å²) in [5.74, 6) is -8.33. The van der Waals surface area contributed by atoms with E-state index < -0.39 is 66.0 Å². The highest BCUT2D eigenvalue weighted by Gasteiger charge is 2.32. The molecule has 388 valence electrons. The van der Waals surface area contributed by atoms with Crippen molar-refractivity contribution in [2.45, 2.75) is 83.5 Å². The van der Waals surface area contributed by atoms with E-state index in [0.717, 1.165) is 37.0 Å². The predicted molar refractivity (Wildman–Crippen MR) is 256 cm³/mol. The van der Waals surface area contributed by atoms with Gasteiger partial charge in [-0.05, 0) is 70.2 Å². The summed E-state index contributed by atoms with van der Waals surface area (Å²) < 4.78 is 130. The highest BCUT2D eigenvalue weighted by atomic mass is 32.2. The Kier molecular flexibility index (Phi) is 18.5. The molecule has 4 aromatic rings. The van der Waals surface area contributed by atoms with Crippen LogP contribution in [0.15, 0.2) is 30.6 Å². The number of piperidine rings is 2. The largest absolute Gasteiger partial charge is 0.496 e. The van der Waals surface area contributed by atoms with Gasteiger partial charge in [0, 0.05) is 62.3 Å². The van der Waals surface area contributed by atoms with Gasteiger partial charge in [-0.15, -0.1) is 0 Å². The lowest BCUT2D eigenvalue weighted by Gasteiger charge is -2.31. The number of benzene rings is 2. The van der Waals surface area contributed by atoms with Gasteiger partial charge < -0.3 is 41.6 Å². The van der Waals surface area contributed by atoms with E-state index in [-0.39, 0.29) is 114 Å². The molecule has 6 rings (SSSR count). The molecule has 20 nitrogen and oxygen atoms in total. The Labute approximate surface area is 409 Å². The van der Waals surface area contributed by atoms with E-state index in [1.807, 2.05) is 6.92 Å². The Balaban J connectivity index is 0.920. The number of anilines is 4. The van der Waals surface area contributed by atoms with E-state index in [4.69, 9.17) is 25.7 Å². The number of methoxy groups -OCH3 is 2. The molecule has 1 atom stereocenters. The fourth-order valence-corrected chi connectivity index (χ4v) is 11.3. The fraction of sp³-hybridized carbons (Fsp3) is 0.511. The molecule has 0 radical (unpaired) electrons. The van der Waals surface area contributed by atoms with Crippen LogP contribution < -0.4 is 36.9 Å². The first-order valence-electron chi connectivity index (χ1n) is 23.0. The second-order valence-corrected chi connectivity index (χ2v) is 21.3. The number of halogens is 4. The molecule has 2 aromatic carbocycles. The van der Waals surface area contributed by atoms with Crippen LogP contribution in [0.25, 0.3) is 0 Å². The fourth-order valence-electron chi connectivity index (χ4n) is 8.11. The number of carbonyl (C=O) groups excluding carboxylic acids is 2. The summed E-state index contributed by atoms with van der Waals surface area (Å²) in [6.07, 6.45) is 5.62. The van der Waals surface area contributed by atoms with E-state index in [1.54, 1.807) is 6.92 Å². The average molecular weight is 1040 g/mol. The average Bonchev–Trinajstić information content (AvgIpc) is 3.34. The van der Waals surface area contributed by atoms with Crippen molar-refractivity contribution in [3.05, 3.63) is 81.7 Å². The van der Waals surface area contributed by atoms with Crippen molar-refractivity contribution in [1.29, 1.82) is 0 Å². The maximum Gasteiger partial charge on any atom is 0.224 e. The van der Waals surface area contributed by atoms with Gasteiger partial charge in [0.15, 0.2) is 23.3 Å². The maximum atomic E-state index is 15.6. The molecule has 26 heteroatoms. The summed E-state index contributed by atoms with van der Waals surface area (Å²) in [5.41, 5.74) is 9.99. The highest BCUT2D eigenvalue weighted by Crippen LogP contribution is 2.32. The van der Waals surface area contributed by atoms with Crippen molar-refractivity contribution in [2.24, 2.45) is 0 Å². The number of aromatic nitrogens is 4. The van der Waals surface area contributed by atoms with Crippen molar-refractivity contribution < 1.29 is 58.2 Å². The van der Waals surface area contributed by atoms with Gasteiger partial charge in [-0.2, -0.15) is 9.97 Å². The first-order chi connectivity index (χ1) is 33.8. The third kappa shape index (κ3) is 13.4. The molecule has 7 N–H and O–H groups in total. The first-order valence-corrected chi connectivity index (χ1v) is 26.2. The van der Waals surface area contributed by atoms with Crippen LogP contribution in [0.5, 0.6) is 11.5 Å². The summed E-state index contributed by atoms with van der Waals surface area (Å²) in [4.78, 5) is 43.1. The van der Waals surface area contributed by atoms with E-state index >= 15 is 8.78 Å². The molecule has 2 fully saturated rings. The van der Waals surface area contributed by atoms with Crippen LogP contribution in [0, 0.1) is 23.3 Å². The van der Waals surface area contributed by atoms with Gasteiger partial charge in [0.05, 0.1) is 50.1 Å². The molecule has 4 heterocycles. The molecule has 0 unspecified atom stereocenters. The third-order valence-electron chi connectivity index (χ3n) is 12.1. The molecule has 2 aromatic heterocycles. The summed E-state index contributed by atoms with van der Waals surface area (Å²) >= 11 is 0. The minimum absolute atomic E-state index is 0.0391. The number of rotatable bonds is 24. The SMILES string of the molecule is CCCCS(=O)(=O)N1CCC(Nc2ncc(C(=O)c3c(OC)cc(COC[C@H](C)NCCCS(=O)(=O)N4CCC(Nc5ncc(C(=O)c6c(OC)ccc(F)c6F)c(N)n5)CC4)c(F)c3F)c(N)n2)CC1. The second kappa shape index (κ2) is 24.1. The van der Waals surface area contributed by atoms with Gasteiger partial charge in [0.25, 0.3) is 0 Å². The molecule has 0 bridgehead atoms. The standard InChI is InChI=1S/C45H59F4N11O9S2/c1-5-6-19-70(63,64)59-15-10-28(11-16-59)55-45-54-23-31(43(51)58-45)41(62)36-34(68-4)21-27(37(47)39(36)49)25-69-24-26(2)52-14-7-20-71(65,66)60-17-12-29(13-18-60)56-44-53-22-30(42(50)57-44)40(61)35-33(67-3)9-8-32(46)38(35)48/h8-9,21-23,26,28-29,52H,5-7,10-20,24-25H2,1-4H3,(H3,50,53,56,57)(H3,51,54,55,58)/t26-/m0/s1. The molecule has 2 saturated heterocycles. The maximum absolute atomic E-state index is 15.6. The number of unbranched alkanes of at least 4 members (excludes halogenated alkanes) is 1. The van der Waals surface area contributed by atoms with Crippen molar-refractivity contribution in [3.63, 3.8) is 0 Å². The van der Waals surface area contributed by atoms with Crippen molar-refractivity contribution in [1.82, 2.24) is 33.9 Å². The Morgan fingerprint density at radius 1 is 0.746 bits per heavy atom. The number of nitrogen functional groups attached to an aromatic ring is 2. The minimum atomic E-state index is -3.62. The predicted octanol–water partition coefficient (Wildman–Crippen LogP) is 4.26. The number of nitrogens with zero attached hydrogens (tertiary/aromatic N) is 6. The van der Waals surface area contributed by atoms with Crippen LogP contribution in [0.4, 0.5) is 41.1 Å². The van der Waals surface area contributed by atoms with Gasteiger partial charge in [-0.3, -0.25) is 9.59 Å². The molecule has 0 saturated carbocycles. The van der Waals surface area contributed by atoms with Gasteiger partial charge >= 0.3 is 0 Å². The number of nitrogens with two attached hydrogens (primary N) is 2. The molecule has 0 spiro atoms. The number of hydrogen-bond donors (Lipinski definition) is 5. The lowest BCUT2D eigenvalue weighted by atomic mass is 10.0. The highest BCUT2D eigenvalue weighted by molar-refractivity contribution is 7.89. The lowest BCUT2D eigenvalue weighted by molar-refractivity contribution is 0.0991. The topological polar surface area (TPSA) is 276 Å². The van der Waals surface area contributed by atoms with Gasteiger partial charge in [0.2, 0.25) is 43.5 Å². The molecule has 2 aliphatic heterocycles. The van der Waals surface area contributed by atoms with Gasteiger partial charge in [-0.1, -0.05) is 13.3 Å². The third-order valence-corrected chi connectivity index (χ3v) is 16.0. The number of ether oxygens (including phenoxy) is 3. The Bertz CT molecular complexity index is 2780. The number of ketones is 2. The van der Waals surface area contributed by atoms with Crippen LogP contribution in [0.1, 0.15) is 96.2 Å². The quantitative estimate of drug-likeness (QED) is 0.0372. The van der Waals surface area contributed by atoms with Gasteiger partial charge in [0.1, 0.15) is 34.3 Å². The summed E-state index contributed by atoms with van der Waals surface area (Å²) in [7, 11) is -4.56. The van der Waals surface area contributed by atoms with Crippen molar-refractivity contribution in [3.8, 4) is 11.5 Å². The minimum Gasteiger partial charge on any atom is -0.496 e. The van der Waals surface area contributed by atoms with E-state index in [0.29, 0.717) is 51.7 Å². The van der Waals surface area contributed by atoms with Crippen molar-refractivity contribution in [2.75, 3.05) is 87.2 Å². The summed E-state index contributed by atoms with van der Waals surface area (Å²) in [5, 5.41) is 9.34. The lowest BCUT2D eigenvalue weighted by Crippen LogP contribution is -2.43. The van der Waals surface area contributed by atoms with Crippen molar-refractivity contribution >= 4 is 55.1 Å². The zero-order valence-electron chi connectivity index (χ0n) is 39.8.